The maximum Gasteiger partial charge on any atom is 0.407 e. The Bertz CT molecular complexity index is 2170. The van der Waals surface area contributed by atoms with Crippen LogP contribution in [0.5, 0.6) is 40.2 Å². The number of hydrogen-bond donors (Lipinski definition) is 1. The largest absolute Gasteiger partial charge is 0.497 e. The molecular formula is C47H49NO12. The first-order chi connectivity index (χ1) is 29.0. The Labute approximate surface area is 349 Å². The molecule has 314 valence electrons. The summed E-state index contributed by atoms with van der Waals surface area (Å²) in [4.78, 5) is 25.6. The predicted molar refractivity (Wildman–Crippen MR) is 221 cm³/mol. The van der Waals surface area contributed by atoms with Gasteiger partial charge in [-0.2, -0.15) is 0 Å². The number of ether oxygens (including phenoxy) is 10. The molecule has 1 N–H and O–H groups in total. The number of benzene rings is 5. The Morgan fingerprint density at radius 3 is 1.62 bits per heavy atom. The first-order valence-corrected chi connectivity index (χ1v) is 19.7. The van der Waals surface area contributed by atoms with Gasteiger partial charge in [-0.25, -0.2) is 9.59 Å². The molecule has 2 aliphatic rings. The Hall–Kier alpha value is -6.44. The summed E-state index contributed by atoms with van der Waals surface area (Å²) in [5.41, 5.74) is 2.38. The molecule has 0 fully saturated rings. The van der Waals surface area contributed by atoms with Crippen molar-refractivity contribution in [2.75, 3.05) is 53.8 Å². The summed E-state index contributed by atoms with van der Waals surface area (Å²) in [6.07, 6.45) is -0.487. The lowest BCUT2D eigenvalue weighted by Gasteiger charge is -2.36. The normalized spacial score (nSPS) is 13.2. The molecule has 0 saturated heterocycles. The highest BCUT2D eigenvalue weighted by molar-refractivity contribution is 5.97. The van der Waals surface area contributed by atoms with Crippen molar-refractivity contribution >= 4 is 12.1 Å². The van der Waals surface area contributed by atoms with Crippen molar-refractivity contribution in [2.24, 2.45) is 0 Å². The predicted octanol–water partition coefficient (Wildman–Crippen LogP) is 8.37. The minimum Gasteiger partial charge on any atom is -0.497 e. The van der Waals surface area contributed by atoms with Crippen LogP contribution in [0.15, 0.2) is 103 Å². The molecule has 5 aromatic carbocycles. The van der Waals surface area contributed by atoms with Crippen LogP contribution in [0.25, 0.3) is 0 Å². The number of fused-ring (bicyclic) bond motifs is 6. The topological polar surface area (TPSA) is 138 Å². The summed E-state index contributed by atoms with van der Waals surface area (Å²) in [6.45, 7) is 7.95. The van der Waals surface area contributed by atoms with Crippen LogP contribution >= 0.6 is 0 Å². The van der Waals surface area contributed by atoms with E-state index in [2.05, 4.69) is 5.32 Å². The molecule has 0 saturated carbocycles. The van der Waals surface area contributed by atoms with Crippen LogP contribution in [0, 0.1) is 0 Å². The molecule has 1 spiro atoms. The van der Waals surface area contributed by atoms with E-state index in [1.54, 1.807) is 41.1 Å². The van der Waals surface area contributed by atoms with Crippen molar-refractivity contribution in [2.45, 2.75) is 45.2 Å². The summed E-state index contributed by atoms with van der Waals surface area (Å²) in [5.74, 6) is 3.62. The number of esters is 1. The van der Waals surface area contributed by atoms with Gasteiger partial charge in [0.15, 0.2) is 5.60 Å². The summed E-state index contributed by atoms with van der Waals surface area (Å²) >= 11 is 0. The third kappa shape index (κ3) is 9.87. The summed E-state index contributed by atoms with van der Waals surface area (Å²) in [5, 5.41) is 2.65. The van der Waals surface area contributed by atoms with Crippen molar-refractivity contribution in [3.8, 4) is 40.2 Å². The first-order valence-electron chi connectivity index (χ1n) is 19.7. The molecule has 0 unspecified atom stereocenters. The SMILES string of the molecule is COc1ccc(COc2ccc3c(c2)Oc2cc(OCc4ccc(OC)cc4)ccc2C32OC(=O)c3cc(OCCOCCOCCNC(=O)OC(C)(C)C)ccc32)cc1. The quantitative estimate of drug-likeness (QED) is 0.0672. The summed E-state index contributed by atoms with van der Waals surface area (Å²) in [6, 6.07) is 31.8. The van der Waals surface area contributed by atoms with Gasteiger partial charge in [0.25, 0.3) is 0 Å². The van der Waals surface area contributed by atoms with E-state index in [1.165, 1.54) is 0 Å². The van der Waals surface area contributed by atoms with Crippen molar-refractivity contribution < 1.29 is 57.0 Å². The standard InChI is InChI=1S/C47H49NO12/c1-46(2,3)60-45(50)48-20-21-53-22-23-54-24-25-55-35-14-17-39-38(26-35)44(49)59-47(39)40-18-15-36(56-29-31-6-10-33(51-4)11-7-31)27-42(40)58-43-28-37(16-19-41(43)47)57-30-32-8-12-34(52-5)13-9-32/h6-19,26-28H,20-25,29-30H2,1-5H3,(H,48,50). The van der Waals surface area contributed by atoms with Gasteiger partial charge in [0, 0.05) is 35.4 Å². The molecule has 0 aliphatic carbocycles. The highest BCUT2D eigenvalue weighted by atomic mass is 16.6. The Morgan fingerprint density at radius 1 is 0.600 bits per heavy atom. The number of hydrogen-bond acceptors (Lipinski definition) is 12. The fourth-order valence-electron chi connectivity index (χ4n) is 6.79. The van der Waals surface area contributed by atoms with Crippen LogP contribution in [0.1, 0.15) is 58.9 Å². The smallest absolute Gasteiger partial charge is 0.407 e. The summed E-state index contributed by atoms with van der Waals surface area (Å²) < 4.78 is 58.3. The van der Waals surface area contributed by atoms with E-state index in [0.717, 1.165) is 22.6 Å². The van der Waals surface area contributed by atoms with Gasteiger partial charge >= 0.3 is 12.1 Å². The average Bonchev–Trinajstić information content (AvgIpc) is 3.53. The van der Waals surface area contributed by atoms with E-state index in [0.29, 0.717) is 97.2 Å². The second-order valence-electron chi connectivity index (χ2n) is 15.0. The maximum absolute atomic E-state index is 13.8. The molecule has 2 heterocycles. The third-order valence-corrected chi connectivity index (χ3v) is 9.63. The van der Waals surface area contributed by atoms with E-state index in [-0.39, 0.29) is 6.61 Å². The fourth-order valence-corrected chi connectivity index (χ4v) is 6.79. The molecule has 7 rings (SSSR count). The van der Waals surface area contributed by atoms with E-state index in [1.807, 2.05) is 97.1 Å². The lowest BCUT2D eigenvalue weighted by atomic mass is 9.77. The van der Waals surface area contributed by atoms with Gasteiger partial charge in [-0.05, 0) is 98.6 Å². The first kappa shape index (κ1) is 41.7. The van der Waals surface area contributed by atoms with Crippen LogP contribution in [-0.4, -0.2) is 71.5 Å². The molecule has 1 amide bonds. The van der Waals surface area contributed by atoms with Gasteiger partial charge in [-0.15, -0.1) is 0 Å². The molecule has 13 nitrogen and oxygen atoms in total. The van der Waals surface area contributed by atoms with Crippen molar-refractivity contribution in [1.29, 1.82) is 0 Å². The van der Waals surface area contributed by atoms with E-state index >= 15 is 0 Å². The van der Waals surface area contributed by atoms with E-state index < -0.39 is 23.3 Å². The van der Waals surface area contributed by atoms with Crippen LogP contribution in [-0.2, 0) is 37.8 Å². The monoisotopic (exact) mass is 819 g/mol. The number of carbonyl (C=O) groups excluding carboxylic acids is 2. The molecule has 5 aromatic rings. The second-order valence-corrected chi connectivity index (χ2v) is 15.0. The molecule has 13 heteroatoms. The lowest BCUT2D eigenvalue weighted by molar-refractivity contribution is 0.0223. The number of rotatable bonds is 18. The molecule has 2 aliphatic heterocycles. The van der Waals surface area contributed by atoms with E-state index in [4.69, 9.17) is 47.4 Å². The van der Waals surface area contributed by atoms with Gasteiger partial charge in [0.05, 0.1) is 46.2 Å². The zero-order chi connectivity index (χ0) is 42.1. The number of carbonyl (C=O) groups is 2. The molecular weight excluding hydrogens is 771 g/mol. The Morgan fingerprint density at radius 2 is 1.08 bits per heavy atom. The van der Waals surface area contributed by atoms with Gasteiger partial charge in [-0.3, -0.25) is 0 Å². The Balaban J connectivity index is 1.04. The number of methoxy groups -OCH3 is 2. The number of alkyl carbamates (subject to hydrolysis) is 1. The highest BCUT2D eigenvalue weighted by Gasteiger charge is 2.54. The van der Waals surface area contributed by atoms with Crippen LogP contribution in [0.3, 0.4) is 0 Å². The Kier molecular flexibility index (Phi) is 13.0. The van der Waals surface area contributed by atoms with Gasteiger partial charge in [0.1, 0.15) is 65.7 Å². The third-order valence-electron chi connectivity index (χ3n) is 9.63. The van der Waals surface area contributed by atoms with Gasteiger partial charge < -0.3 is 52.7 Å². The number of nitrogens with one attached hydrogen (secondary N) is 1. The number of amides is 1. The molecule has 60 heavy (non-hydrogen) atoms. The lowest BCUT2D eigenvalue weighted by Crippen LogP contribution is -2.34. The minimum atomic E-state index is -1.32. The fraction of sp³-hybridized carbons (Fsp3) is 0.319. The molecule has 0 radical (unpaired) electrons. The molecule has 0 atom stereocenters. The molecule has 0 aromatic heterocycles. The van der Waals surface area contributed by atoms with Crippen molar-refractivity contribution in [3.05, 3.63) is 137 Å². The molecule has 0 bridgehead atoms. The zero-order valence-corrected chi connectivity index (χ0v) is 34.4. The van der Waals surface area contributed by atoms with Crippen molar-refractivity contribution in [3.63, 3.8) is 0 Å². The van der Waals surface area contributed by atoms with Crippen LogP contribution in [0.2, 0.25) is 0 Å². The maximum atomic E-state index is 13.8. The van der Waals surface area contributed by atoms with Gasteiger partial charge in [-0.1, -0.05) is 24.3 Å². The highest BCUT2D eigenvalue weighted by Crippen LogP contribution is 2.57. The van der Waals surface area contributed by atoms with Crippen LogP contribution < -0.4 is 33.7 Å². The minimum absolute atomic E-state index is 0.247. The zero-order valence-electron chi connectivity index (χ0n) is 34.4. The second kappa shape index (κ2) is 18.6. The average molecular weight is 820 g/mol. The summed E-state index contributed by atoms with van der Waals surface area (Å²) in [7, 11) is 3.26. The van der Waals surface area contributed by atoms with E-state index in [9.17, 15) is 9.59 Å². The van der Waals surface area contributed by atoms with Crippen molar-refractivity contribution in [1.82, 2.24) is 5.32 Å². The van der Waals surface area contributed by atoms with Crippen LogP contribution in [0.4, 0.5) is 4.79 Å². The van der Waals surface area contributed by atoms with Gasteiger partial charge in [0.2, 0.25) is 0 Å².